The number of halogens is 2. The van der Waals surface area contributed by atoms with Crippen molar-refractivity contribution in [2.45, 2.75) is 19.4 Å². The third-order valence-electron chi connectivity index (χ3n) is 3.14. The van der Waals surface area contributed by atoms with Crippen molar-refractivity contribution in [2.24, 2.45) is 0 Å². The van der Waals surface area contributed by atoms with Crippen LogP contribution >= 0.6 is 23.2 Å². The van der Waals surface area contributed by atoms with E-state index >= 15 is 0 Å². The van der Waals surface area contributed by atoms with Crippen LogP contribution in [-0.4, -0.2) is 35.8 Å². The molecule has 0 saturated carbocycles. The number of rotatable bonds is 2. The van der Waals surface area contributed by atoms with Crippen LogP contribution in [0.4, 0.5) is 0 Å². The molecule has 2 rings (SSSR count). The van der Waals surface area contributed by atoms with Crippen LogP contribution in [0.5, 0.6) is 0 Å². The van der Waals surface area contributed by atoms with Crippen molar-refractivity contribution >= 4 is 35.0 Å². The molecular formula is C13H14Cl2N2O2. The number of piperazine rings is 1. The van der Waals surface area contributed by atoms with Crippen molar-refractivity contribution in [3.8, 4) is 0 Å². The van der Waals surface area contributed by atoms with Gasteiger partial charge in [-0.2, -0.15) is 0 Å². The highest BCUT2D eigenvalue weighted by atomic mass is 35.5. The summed E-state index contributed by atoms with van der Waals surface area (Å²) in [5.74, 6) is -0.351. The number of nitrogens with one attached hydrogen (secondary N) is 1. The Morgan fingerprint density at radius 1 is 1.47 bits per heavy atom. The Morgan fingerprint density at radius 2 is 2.21 bits per heavy atom. The molecule has 1 saturated heterocycles. The van der Waals surface area contributed by atoms with Gasteiger partial charge in [0.25, 0.3) is 5.91 Å². The second kappa shape index (κ2) is 5.80. The fourth-order valence-electron chi connectivity index (χ4n) is 2.18. The smallest absolute Gasteiger partial charge is 0.256 e. The number of hydrogen-bond donors (Lipinski definition) is 1. The van der Waals surface area contributed by atoms with E-state index in [9.17, 15) is 9.59 Å². The van der Waals surface area contributed by atoms with Gasteiger partial charge in [0.2, 0.25) is 5.91 Å². The second-order valence-corrected chi connectivity index (χ2v) is 5.18. The van der Waals surface area contributed by atoms with Crippen LogP contribution in [0, 0.1) is 0 Å². The molecule has 19 heavy (non-hydrogen) atoms. The maximum Gasteiger partial charge on any atom is 0.256 e. The van der Waals surface area contributed by atoms with Gasteiger partial charge in [-0.1, -0.05) is 30.1 Å². The van der Waals surface area contributed by atoms with Crippen LogP contribution in [0.15, 0.2) is 18.2 Å². The molecule has 1 N–H and O–H groups in total. The monoisotopic (exact) mass is 300 g/mol. The summed E-state index contributed by atoms with van der Waals surface area (Å²) in [7, 11) is 0. The largest absolute Gasteiger partial charge is 0.353 e. The lowest BCUT2D eigenvalue weighted by Crippen LogP contribution is -2.56. The van der Waals surface area contributed by atoms with Crippen molar-refractivity contribution in [1.29, 1.82) is 0 Å². The molecule has 0 aliphatic carbocycles. The zero-order valence-electron chi connectivity index (χ0n) is 10.5. The molecule has 0 spiro atoms. The minimum absolute atomic E-state index is 0.118. The van der Waals surface area contributed by atoms with Crippen molar-refractivity contribution in [2.75, 3.05) is 13.1 Å². The summed E-state index contributed by atoms with van der Waals surface area (Å²) in [4.78, 5) is 25.8. The van der Waals surface area contributed by atoms with Gasteiger partial charge in [-0.05, 0) is 24.6 Å². The molecule has 1 unspecified atom stereocenters. The average molecular weight is 301 g/mol. The summed E-state index contributed by atoms with van der Waals surface area (Å²) >= 11 is 11.9. The van der Waals surface area contributed by atoms with E-state index in [0.717, 1.165) is 0 Å². The zero-order chi connectivity index (χ0) is 14.0. The summed E-state index contributed by atoms with van der Waals surface area (Å²) in [6.45, 7) is 2.83. The molecule has 1 heterocycles. The number of carbonyl (C=O) groups excluding carboxylic acids is 2. The van der Waals surface area contributed by atoms with Gasteiger partial charge in [0.1, 0.15) is 6.04 Å². The first-order chi connectivity index (χ1) is 9.04. The van der Waals surface area contributed by atoms with Crippen LogP contribution in [0.25, 0.3) is 0 Å². The third kappa shape index (κ3) is 2.85. The molecule has 1 aromatic rings. The fourth-order valence-corrected chi connectivity index (χ4v) is 2.67. The lowest BCUT2D eigenvalue weighted by atomic mass is 10.1. The summed E-state index contributed by atoms with van der Waals surface area (Å²) in [6, 6.07) is 4.30. The van der Waals surface area contributed by atoms with Gasteiger partial charge in [0.15, 0.2) is 0 Å². The Hall–Kier alpha value is -1.26. The van der Waals surface area contributed by atoms with Gasteiger partial charge in [-0.15, -0.1) is 0 Å². The molecule has 102 valence electrons. The topological polar surface area (TPSA) is 49.4 Å². The van der Waals surface area contributed by atoms with E-state index in [1.54, 1.807) is 17.0 Å². The molecule has 1 atom stereocenters. The first-order valence-corrected chi connectivity index (χ1v) is 6.84. The van der Waals surface area contributed by atoms with Crippen molar-refractivity contribution in [3.63, 3.8) is 0 Å². The molecule has 0 radical (unpaired) electrons. The van der Waals surface area contributed by atoms with Crippen molar-refractivity contribution in [1.82, 2.24) is 10.2 Å². The minimum Gasteiger partial charge on any atom is -0.353 e. The van der Waals surface area contributed by atoms with Crippen LogP contribution < -0.4 is 5.32 Å². The van der Waals surface area contributed by atoms with E-state index in [2.05, 4.69) is 5.32 Å². The third-order valence-corrected chi connectivity index (χ3v) is 3.69. The minimum atomic E-state index is -0.437. The molecule has 1 aliphatic heterocycles. The van der Waals surface area contributed by atoms with E-state index in [1.165, 1.54) is 6.07 Å². The number of benzene rings is 1. The van der Waals surface area contributed by atoms with Gasteiger partial charge in [0.05, 0.1) is 10.6 Å². The molecule has 1 aromatic carbocycles. The predicted octanol–water partition coefficient (Wildman–Crippen LogP) is 2.34. The van der Waals surface area contributed by atoms with E-state index in [-0.39, 0.29) is 11.8 Å². The first-order valence-electron chi connectivity index (χ1n) is 6.08. The molecular weight excluding hydrogens is 287 g/mol. The predicted molar refractivity (Wildman–Crippen MR) is 74.6 cm³/mol. The number of carbonyl (C=O) groups is 2. The molecule has 0 bridgehead atoms. The molecule has 1 fully saturated rings. The Kier molecular flexibility index (Phi) is 4.32. The van der Waals surface area contributed by atoms with Crippen LogP contribution in [0.3, 0.4) is 0 Å². The highest BCUT2D eigenvalue weighted by Gasteiger charge is 2.32. The second-order valence-electron chi connectivity index (χ2n) is 4.34. The number of hydrogen-bond acceptors (Lipinski definition) is 2. The lowest BCUT2D eigenvalue weighted by Gasteiger charge is -2.34. The van der Waals surface area contributed by atoms with Gasteiger partial charge in [0, 0.05) is 18.1 Å². The van der Waals surface area contributed by atoms with Gasteiger partial charge >= 0.3 is 0 Å². The summed E-state index contributed by atoms with van der Waals surface area (Å²) in [5.41, 5.74) is 0.374. The standard InChI is InChI=1S/C13H14Cl2N2O2/c1-2-11-12(18)16-5-6-17(11)13(19)9-4-3-8(14)7-10(9)15/h3-4,7,11H,2,5-6H2,1H3,(H,16,18). The van der Waals surface area contributed by atoms with E-state index < -0.39 is 6.04 Å². The highest BCUT2D eigenvalue weighted by molar-refractivity contribution is 6.36. The lowest BCUT2D eigenvalue weighted by molar-refractivity contribution is -0.127. The Morgan fingerprint density at radius 3 is 2.84 bits per heavy atom. The summed E-state index contributed by atoms with van der Waals surface area (Å²) < 4.78 is 0. The molecule has 4 nitrogen and oxygen atoms in total. The summed E-state index contributed by atoms with van der Waals surface area (Å²) in [5, 5.41) is 3.54. The Balaban J connectivity index is 2.29. The molecule has 2 amide bonds. The maximum atomic E-state index is 12.5. The summed E-state index contributed by atoms with van der Waals surface area (Å²) in [6.07, 6.45) is 0.572. The van der Waals surface area contributed by atoms with Crippen LogP contribution in [0.2, 0.25) is 10.0 Å². The number of nitrogens with zero attached hydrogens (tertiary/aromatic N) is 1. The Labute approximate surface area is 121 Å². The number of amides is 2. The quantitative estimate of drug-likeness (QED) is 0.911. The van der Waals surface area contributed by atoms with Crippen LogP contribution in [0.1, 0.15) is 23.7 Å². The van der Waals surface area contributed by atoms with Crippen LogP contribution in [-0.2, 0) is 4.79 Å². The SMILES string of the molecule is CCC1C(=O)NCCN1C(=O)c1ccc(Cl)cc1Cl. The fraction of sp³-hybridized carbons (Fsp3) is 0.385. The van der Waals surface area contributed by atoms with E-state index in [4.69, 9.17) is 23.2 Å². The van der Waals surface area contributed by atoms with Gasteiger partial charge < -0.3 is 10.2 Å². The first kappa shape index (κ1) is 14.2. The molecule has 1 aliphatic rings. The zero-order valence-corrected chi connectivity index (χ0v) is 12.0. The normalized spacial score (nSPS) is 19.2. The van der Waals surface area contributed by atoms with Gasteiger partial charge in [-0.3, -0.25) is 9.59 Å². The van der Waals surface area contributed by atoms with Gasteiger partial charge in [-0.25, -0.2) is 0 Å². The van der Waals surface area contributed by atoms with Crippen molar-refractivity contribution in [3.05, 3.63) is 33.8 Å². The molecule has 0 aromatic heterocycles. The maximum absolute atomic E-state index is 12.5. The highest BCUT2D eigenvalue weighted by Crippen LogP contribution is 2.23. The van der Waals surface area contributed by atoms with E-state index in [1.807, 2.05) is 6.92 Å². The van der Waals surface area contributed by atoms with Crippen molar-refractivity contribution < 1.29 is 9.59 Å². The average Bonchev–Trinajstić information content (AvgIpc) is 2.37. The molecule has 6 heteroatoms. The van der Waals surface area contributed by atoms with E-state index in [0.29, 0.717) is 35.1 Å². The Bertz CT molecular complexity index is 519.